The third-order valence-electron chi connectivity index (χ3n) is 5.62. The highest BCUT2D eigenvalue weighted by atomic mass is 35.5. The van der Waals surface area contributed by atoms with Crippen molar-refractivity contribution in [1.29, 1.82) is 0 Å². The van der Waals surface area contributed by atoms with Crippen molar-refractivity contribution in [3.05, 3.63) is 42.0 Å². The van der Waals surface area contributed by atoms with E-state index in [0.717, 1.165) is 32.1 Å². The molecule has 29 heavy (non-hydrogen) atoms. The van der Waals surface area contributed by atoms with E-state index in [4.69, 9.17) is 10.5 Å². The van der Waals surface area contributed by atoms with Gasteiger partial charge < -0.3 is 15.8 Å². The number of ether oxygens (including phenoxy) is 1. The highest BCUT2D eigenvalue weighted by Crippen LogP contribution is 2.27. The van der Waals surface area contributed by atoms with Gasteiger partial charge in [0.2, 0.25) is 0 Å². The Hall–Kier alpha value is -1.74. The predicted octanol–water partition coefficient (Wildman–Crippen LogP) is 1.95. The molecule has 160 valence electrons. The van der Waals surface area contributed by atoms with Gasteiger partial charge >= 0.3 is 0 Å². The predicted molar refractivity (Wildman–Crippen MR) is 114 cm³/mol. The fourth-order valence-corrected chi connectivity index (χ4v) is 3.95. The lowest BCUT2D eigenvalue weighted by Gasteiger charge is -2.25. The highest BCUT2D eigenvalue weighted by molar-refractivity contribution is 5.92. The molecule has 3 N–H and O–H groups in total. The number of nitrogens with zero attached hydrogens (tertiary/aromatic N) is 4. The van der Waals surface area contributed by atoms with Crippen molar-refractivity contribution in [3.63, 3.8) is 0 Å². The molecule has 1 aliphatic heterocycles. The Labute approximate surface area is 182 Å². The first kappa shape index (κ1) is 23.5. The zero-order valence-corrected chi connectivity index (χ0v) is 17.8. The Balaban J connectivity index is 0.00000150. The van der Waals surface area contributed by atoms with E-state index in [1.807, 2.05) is 16.8 Å². The van der Waals surface area contributed by atoms with E-state index in [1.165, 1.54) is 5.56 Å². The Morgan fingerprint density at radius 1 is 1.17 bits per heavy atom. The van der Waals surface area contributed by atoms with Crippen LogP contribution in [0.3, 0.4) is 0 Å². The largest absolute Gasteiger partial charge is 0.379 e. The molecule has 2 aliphatic rings. The van der Waals surface area contributed by atoms with Gasteiger partial charge in [-0.1, -0.05) is 5.21 Å². The number of carbonyl (C=O) groups is 1. The summed E-state index contributed by atoms with van der Waals surface area (Å²) in [4.78, 5) is 16.7. The molecule has 0 aromatic carbocycles. The molecule has 1 aliphatic carbocycles. The minimum atomic E-state index is -0.191. The van der Waals surface area contributed by atoms with Crippen molar-refractivity contribution in [3.8, 4) is 0 Å². The van der Waals surface area contributed by atoms with Crippen molar-refractivity contribution in [2.75, 3.05) is 13.2 Å². The molecule has 0 unspecified atom stereocenters. The van der Waals surface area contributed by atoms with Crippen molar-refractivity contribution >= 4 is 30.7 Å². The number of rotatable bonds is 5. The molecule has 10 heteroatoms. The molecule has 8 nitrogen and oxygen atoms in total. The smallest absolute Gasteiger partial charge is 0.273 e. The molecule has 2 aromatic rings. The third kappa shape index (κ3) is 5.88. The Bertz CT molecular complexity index is 767. The summed E-state index contributed by atoms with van der Waals surface area (Å²) in [6.07, 6.45) is 10.1. The van der Waals surface area contributed by atoms with Gasteiger partial charge in [0, 0.05) is 24.4 Å². The number of amides is 1. The summed E-state index contributed by atoms with van der Waals surface area (Å²) < 4.78 is 7.43. The fourth-order valence-electron chi connectivity index (χ4n) is 3.95. The molecule has 4 rings (SSSR count). The molecule has 3 heterocycles. The monoisotopic (exact) mass is 442 g/mol. The number of aromatic nitrogens is 4. The number of hydrogen-bond acceptors (Lipinski definition) is 6. The molecular weight excluding hydrogens is 415 g/mol. The third-order valence-corrected chi connectivity index (χ3v) is 5.62. The summed E-state index contributed by atoms with van der Waals surface area (Å²) in [5.74, 6) is 0.0511. The number of pyridine rings is 1. The lowest BCUT2D eigenvalue weighted by Crippen LogP contribution is -2.40. The van der Waals surface area contributed by atoms with Gasteiger partial charge in [-0.2, -0.15) is 0 Å². The Morgan fingerprint density at radius 2 is 1.90 bits per heavy atom. The molecule has 2 fully saturated rings. The van der Waals surface area contributed by atoms with Crippen LogP contribution in [-0.2, 0) is 11.2 Å². The van der Waals surface area contributed by atoms with E-state index in [-0.39, 0.29) is 54.8 Å². The molecular formula is C19H28Cl2N6O2. The van der Waals surface area contributed by atoms with E-state index < -0.39 is 0 Å². The van der Waals surface area contributed by atoms with Crippen LogP contribution in [0.2, 0.25) is 0 Å². The zero-order chi connectivity index (χ0) is 18.6. The van der Waals surface area contributed by atoms with Gasteiger partial charge in [-0.05, 0) is 49.8 Å². The van der Waals surface area contributed by atoms with Gasteiger partial charge in [-0.15, -0.1) is 29.9 Å². The molecule has 1 amide bonds. The van der Waals surface area contributed by atoms with Crippen molar-refractivity contribution in [2.24, 2.45) is 11.7 Å². The number of nitrogens with one attached hydrogen (secondary N) is 1. The van der Waals surface area contributed by atoms with Crippen LogP contribution >= 0.6 is 24.8 Å². The van der Waals surface area contributed by atoms with Crippen molar-refractivity contribution < 1.29 is 9.53 Å². The Morgan fingerprint density at radius 3 is 2.62 bits per heavy atom. The number of carbonyl (C=O) groups excluding carboxylic acids is 1. The van der Waals surface area contributed by atoms with Gasteiger partial charge in [0.25, 0.3) is 5.91 Å². The van der Waals surface area contributed by atoms with Crippen LogP contribution in [0.5, 0.6) is 0 Å². The van der Waals surface area contributed by atoms with E-state index in [0.29, 0.717) is 18.9 Å². The summed E-state index contributed by atoms with van der Waals surface area (Å²) in [6.45, 7) is 1.17. The minimum absolute atomic E-state index is 0. The van der Waals surface area contributed by atoms with E-state index in [2.05, 4.69) is 20.6 Å². The summed E-state index contributed by atoms with van der Waals surface area (Å²) in [7, 11) is 0. The molecule has 0 bridgehead atoms. The van der Waals surface area contributed by atoms with Crippen molar-refractivity contribution in [1.82, 2.24) is 25.3 Å². The first-order valence-corrected chi connectivity index (χ1v) is 9.64. The maximum Gasteiger partial charge on any atom is 0.273 e. The topological polar surface area (TPSA) is 108 Å². The van der Waals surface area contributed by atoms with Crippen LogP contribution in [0.25, 0.3) is 0 Å². The van der Waals surface area contributed by atoms with Crippen LogP contribution in [0.4, 0.5) is 0 Å². The van der Waals surface area contributed by atoms with E-state index >= 15 is 0 Å². The standard InChI is InChI=1S/C19H26N6O2.2ClH/c20-15-1-3-16(4-2-15)25-10-17(23-24-25)19(26)22-18-12-27-11-14(18)9-13-5-7-21-8-6-13;;/h5-8,10,14-16,18H,1-4,9,11-12,20H2,(H,22,26);2*1H/t14-,15?,16?,18-;;/m1../s1. The number of nitrogens with two attached hydrogens (primary N) is 1. The number of hydrogen-bond donors (Lipinski definition) is 2. The summed E-state index contributed by atoms with van der Waals surface area (Å²) in [6, 6.07) is 4.54. The first-order chi connectivity index (χ1) is 13.2. The summed E-state index contributed by atoms with van der Waals surface area (Å²) >= 11 is 0. The van der Waals surface area contributed by atoms with Gasteiger partial charge in [-0.3, -0.25) is 9.78 Å². The van der Waals surface area contributed by atoms with Crippen molar-refractivity contribution in [2.45, 2.75) is 50.2 Å². The zero-order valence-electron chi connectivity index (χ0n) is 16.1. The Kier molecular flexibility index (Phi) is 8.82. The van der Waals surface area contributed by atoms with Gasteiger partial charge in [0.05, 0.1) is 31.5 Å². The van der Waals surface area contributed by atoms with Gasteiger partial charge in [0.15, 0.2) is 5.69 Å². The summed E-state index contributed by atoms with van der Waals surface area (Å²) in [5, 5.41) is 11.3. The maximum atomic E-state index is 12.6. The second-order valence-electron chi connectivity index (χ2n) is 7.59. The SMILES string of the molecule is Cl.Cl.NC1CCC(n2cc(C(=O)N[C@@H]3COC[C@H]3Cc3ccncc3)nn2)CC1. The lowest BCUT2D eigenvalue weighted by molar-refractivity contribution is 0.0920. The van der Waals surface area contributed by atoms with Crippen LogP contribution in [0.1, 0.15) is 47.8 Å². The number of halogens is 2. The lowest BCUT2D eigenvalue weighted by atomic mass is 9.92. The van der Waals surface area contributed by atoms with E-state index in [9.17, 15) is 4.79 Å². The van der Waals surface area contributed by atoms with Gasteiger partial charge in [0.1, 0.15) is 0 Å². The normalized spacial score (nSPS) is 26.2. The summed E-state index contributed by atoms with van der Waals surface area (Å²) in [5.41, 5.74) is 7.52. The van der Waals surface area contributed by atoms with Crippen LogP contribution in [-0.4, -0.2) is 51.2 Å². The molecule has 2 atom stereocenters. The molecule has 1 saturated carbocycles. The maximum absolute atomic E-state index is 12.6. The first-order valence-electron chi connectivity index (χ1n) is 9.64. The highest BCUT2D eigenvalue weighted by Gasteiger charge is 2.31. The van der Waals surface area contributed by atoms with Crippen LogP contribution in [0, 0.1) is 5.92 Å². The second kappa shape index (κ2) is 10.9. The molecule has 2 aromatic heterocycles. The van der Waals surface area contributed by atoms with Crippen LogP contribution < -0.4 is 11.1 Å². The molecule has 1 saturated heterocycles. The minimum Gasteiger partial charge on any atom is -0.379 e. The van der Waals surface area contributed by atoms with E-state index in [1.54, 1.807) is 18.6 Å². The molecule has 0 spiro atoms. The fraction of sp³-hybridized carbons (Fsp3) is 0.579. The van der Waals surface area contributed by atoms with Crippen LogP contribution in [0.15, 0.2) is 30.7 Å². The molecule has 0 radical (unpaired) electrons. The second-order valence-corrected chi connectivity index (χ2v) is 7.59. The van der Waals surface area contributed by atoms with Gasteiger partial charge in [-0.25, -0.2) is 4.68 Å². The average Bonchev–Trinajstić information content (AvgIpc) is 3.33. The average molecular weight is 443 g/mol. The quantitative estimate of drug-likeness (QED) is 0.732.